The van der Waals surface area contributed by atoms with Crippen LogP contribution in [0.5, 0.6) is 5.75 Å². The van der Waals surface area contributed by atoms with E-state index >= 15 is 0 Å². The van der Waals surface area contributed by atoms with Crippen LogP contribution in [0.3, 0.4) is 0 Å². The lowest BCUT2D eigenvalue weighted by molar-refractivity contribution is 0.416. The molecule has 1 N–H and O–H groups in total. The predicted molar refractivity (Wildman–Crippen MR) is 75.2 cm³/mol. The summed E-state index contributed by atoms with van der Waals surface area (Å²) in [7, 11) is 1.64. The minimum Gasteiger partial charge on any atom is -0.496 e. The minimum atomic E-state index is -0.315. The molecule has 0 spiro atoms. The van der Waals surface area contributed by atoms with Gasteiger partial charge < -0.3 is 10.1 Å². The highest BCUT2D eigenvalue weighted by Gasteiger charge is 2.16. The van der Waals surface area contributed by atoms with E-state index in [0.717, 1.165) is 29.2 Å². The first-order chi connectivity index (χ1) is 9.24. The van der Waals surface area contributed by atoms with Crippen molar-refractivity contribution in [2.24, 2.45) is 0 Å². The van der Waals surface area contributed by atoms with Crippen LogP contribution in [-0.2, 0) is 0 Å². The topological polar surface area (TPSA) is 34.2 Å². The van der Waals surface area contributed by atoms with Gasteiger partial charge in [-0.25, -0.2) is 4.39 Å². The van der Waals surface area contributed by atoms with E-state index in [9.17, 15) is 4.39 Å². The molecule has 1 unspecified atom stereocenters. The van der Waals surface area contributed by atoms with E-state index < -0.39 is 0 Å². The monoisotopic (exact) mass is 280 g/mol. The molecule has 2 aromatic rings. The average molecular weight is 280 g/mol. The Hall–Kier alpha value is -1.46. The van der Waals surface area contributed by atoms with Crippen LogP contribution in [0.1, 0.15) is 29.8 Å². The highest BCUT2D eigenvalue weighted by Crippen LogP contribution is 2.31. The van der Waals surface area contributed by atoms with Crippen LogP contribution in [0.15, 0.2) is 29.9 Å². The quantitative estimate of drug-likeness (QED) is 0.881. The van der Waals surface area contributed by atoms with Gasteiger partial charge in [0.05, 0.1) is 19.3 Å². The number of thiophene rings is 1. The van der Waals surface area contributed by atoms with Gasteiger partial charge in [-0.15, -0.1) is 11.3 Å². The lowest BCUT2D eigenvalue weighted by Crippen LogP contribution is -2.22. The van der Waals surface area contributed by atoms with E-state index in [1.54, 1.807) is 24.6 Å². The fourth-order valence-corrected chi connectivity index (χ4v) is 2.81. The number of ether oxygens (including phenoxy) is 1. The van der Waals surface area contributed by atoms with Crippen molar-refractivity contribution in [3.8, 4) is 5.75 Å². The molecule has 0 radical (unpaired) electrons. The van der Waals surface area contributed by atoms with Crippen molar-refractivity contribution in [1.29, 1.82) is 0 Å². The number of aromatic nitrogens is 1. The summed E-state index contributed by atoms with van der Waals surface area (Å²) < 4.78 is 18.5. The molecule has 0 aromatic carbocycles. The Morgan fingerprint density at radius 1 is 1.42 bits per heavy atom. The van der Waals surface area contributed by atoms with Gasteiger partial charge in [0.1, 0.15) is 11.6 Å². The summed E-state index contributed by atoms with van der Waals surface area (Å²) in [6.45, 7) is 2.96. The highest BCUT2D eigenvalue weighted by atomic mass is 32.1. The highest BCUT2D eigenvalue weighted by molar-refractivity contribution is 7.10. The van der Waals surface area contributed by atoms with Gasteiger partial charge in [-0.1, -0.05) is 6.92 Å². The van der Waals surface area contributed by atoms with Crippen LogP contribution < -0.4 is 10.1 Å². The van der Waals surface area contributed by atoms with Crippen LogP contribution in [0.25, 0.3) is 0 Å². The molecular weight excluding hydrogens is 263 g/mol. The first-order valence-corrected chi connectivity index (χ1v) is 7.08. The van der Waals surface area contributed by atoms with Crippen molar-refractivity contribution in [2.45, 2.75) is 19.4 Å². The second-order valence-electron chi connectivity index (χ2n) is 4.21. The number of methoxy groups -OCH3 is 1. The summed E-state index contributed by atoms with van der Waals surface area (Å²) in [5, 5.41) is 5.36. The molecule has 2 heterocycles. The van der Waals surface area contributed by atoms with Crippen molar-refractivity contribution in [1.82, 2.24) is 10.3 Å². The maximum Gasteiger partial charge on any atom is 0.141 e. The first-order valence-electron chi connectivity index (χ1n) is 6.20. The molecule has 0 amide bonds. The number of rotatable bonds is 6. The second-order valence-corrected chi connectivity index (χ2v) is 5.16. The van der Waals surface area contributed by atoms with E-state index in [2.05, 4.69) is 17.2 Å². The largest absolute Gasteiger partial charge is 0.496 e. The zero-order chi connectivity index (χ0) is 13.7. The third-order valence-electron chi connectivity index (χ3n) is 2.77. The third kappa shape index (κ3) is 3.52. The molecule has 0 saturated heterocycles. The van der Waals surface area contributed by atoms with Gasteiger partial charge in [-0.3, -0.25) is 4.98 Å². The number of nitrogens with one attached hydrogen (secondary N) is 1. The zero-order valence-corrected chi connectivity index (χ0v) is 11.8. The van der Waals surface area contributed by atoms with Crippen LogP contribution in [0.4, 0.5) is 4.39 Å². The zero-order valence-electron chi connectivity index (χ0n) is 11.0. The van der Waals surface area contributed by atoms with Gasteiger partial charge in [0.25, 0.3) is 0 Å². The van der Waals surface area contributed by atoms with Gasteiger partial charge in [-0.2, -0.15) is 0 Å². The first kappa shape index (κ1) is 14.0. The van der Waals surface area contributed by atoms with Gasteiger partial charge in [-0.05, 0) is 30.7 Å². The predicted octanol–water partition coefficient (Wildman–Crippen LogP) is 3.38. The van der Waals surface area contributed by atoms with Crippen molar-refractivity contribution in [3.05, 3.63) is 46.2 Å². The number of pyridine rings is 1. The van der Waals surface area contributed by atoms with Crippen LogP contribution in [0.2, 0.25) is 0 Å². The van der Waals surface area contributed by atoms with Gasteiger partial charge >= 0.3 is 0 Å². The van der Waals surface area contributed by atoms with E-state index in [-0.39, 0.29) is 11.9 Å². The van der Waals surface area contributed by atoms with Gasteiger partial charge in [0, 0.05) is 16.5 Å². The Balaban J connectivity index is 2.29. The van der Waals surface area contributed by atoms with E-state index in [1.807, 2.05) is 11.4 Å². The maximum atomic E-state index is 13.3. The SMILES string of the molecule is CCCNC(c1cncc(F)c1)c1cc(OC)cs1. The summed E-state index contributed by atoms with van der Waals surface area (Å²) in [5.74, 6) is 0.511. The average Bonchev–Trinajstić information content (AvgIpc) is 2.88. The molecule has 0 aliphatic rings. The molecule has 102 valence electrons. The molecule has 0 bridgehead atoms. The summed E-state index contributed by atoms with van der Waals surface area (Å²) in [4.78, 5) is 5.02. The number of nitrogens with zero attached hydrogens (tertiary/aromatic N) is 1. The van der Waals surface area contributed by atoms with Crippen LogP contribution in [0, 0.1) is 5.82 Å². The molecule has 0 aliphatic heterocycles. The smallest absolute Gasteiger partial charge is 0.141 e. The van der Waals surface area contributed by atoms with Crippen LogP contribution >= 0.6 is 11.3 Å². The second kappa shape index (κ2) is 6.63. The number of hydrogen-bond donors (Lipinski definition) is 1. The Labute approximate surface area is 116 Å². The summed E-state index contributed by atoms with van der Waals surface area (Å²) in [6.07, 6.45) is 3.93. The molecule has 1 atom stereocenters. The van der Waals surface area contributed by atoms with Crippen molar-refractivity contribution in [2.75, 3.05) is 13.7 Å². The van der Waals surface area contributed by atoms with E-state index in [0.29, 0.717) is 0 Å². The van der Waals surface area contributed by atoms with Crippen molar-refractivity contribution >= 4 is 11.3 Å². The number of halogens is 1. The summed E-state index contributed by atoms with van der Waals surface area (Å²) in [6, 6.07) is 3.45. The van der Waals surface area contributed by atoms with Gasteiger partial charge in [0.2, 0.25) is 0 Å². The standard InChI is InChI=1S/C14H17FN2OS/c1-3-4-17-14(10-5-11(15)8-16-7-10)13-6-12(18-2)9-19-13/h5-9,14,17H,3-4H2,1-2H3. The number of hydrogen-bond acceptors (Lipinski definition) is 4. The summed E-state index contributed by atoms with van der Waals surface area (Å²) >= 11 is 1.60. The molecule has 5 heteroatoms. The van der Waals surface area contributed by atoms with Crippen molar-refractivity contribution in [3.63, 3.8) is 0 Å². The molecule has 0 fully saturated rings. The molecule has 3 nitrogen and oxygen atoms in total. The Morgan fingerprint density at radius 3 is 2.89 bits per heavy atom. The fourth-order valence-electron chi connectivity index (χ4n) is 1.85. The lowest BCUT2D eigenvalue weighted by atomic mass is 10.1. The molecule has 2 aromatic heterocycles. The molecule has 19 heavy (non-hydrogen) atoms. The molecule has 2 rings (SSSR count). The van der Waals surface area contributed by atoms with Crippen molar-refractivity contribution < 1.29 is 9.13 Å². The third-order valence-corrected chi connectivity index (χ3v) is 3.75. The van der Waals surface area contributed by atoms with E-state index in [4.69, 9.17) is 4.74 Å². The normalized spacial score (nSPS) is 12.4. The Morgan fingerprint density at radius 2 is 2.26 bits per heavy atom. The Bertz CT molecular complexity index is 530. The summed E-state index contributed by atoms with van der Waals surface area (Å²) in [5.41, 5.74) is 0.831. The molecular formula is C14H17FN2OS. The molecule has 0 aliphatic carbocycles. The lowest BCUT2D eigenvalue weighted by Gasteiger charge is -2.17. The maximum absolute atomic E-state index is 13.3. The fraction of sp³-hybridized carbons (Fsp3) is 0.357. The van der Waals surface area contributed by atoms with Gasteiger partial charge in [0.15, 0.2) is 0 Å². The Kier molecular flexibility index (Phi) is 4.87. The molecule has 0 saturated carbocycles. The minimum absolute atomic E-state index is 0.0444. The van der Waals surface area contributed by atoms with Crippen LogP contribution in [-0.4, -0.2) is 18.6 Å². The van der Waals surface area contributed by atoms with E-state index in [1.165, 1.54) is 12.3 Å².